The number of nitrogens with zero attached hydrogens (tertiary/aromatic N) is 2. The lowest BCUT2D eigenvalue weighted by molar-refractivity contribution is -0.136. The van der Waals surface area contributed by atoms with Crippen LogP contribution in [0.4, 0.5) is 0 Å². The Labute approximate surface area is 176 Å². The average molecular weight is 412 g/mol. The quantitative estimate of drug-likeness (QED) is 0.702. The van der Waals surface area contributed by atoms with Crippen LogP contribution in [0, 0.1) is 0 Å². The third-order valence-electron chi connectivity index (χ3n) is 6.60. The lowest BCUT2D eigenvalue weighted by Crippen LogP contribution is -2.54. The maximum Gasteiger partial charge on any atom is 0.262 e. The second kappa shape index (κ2) is 8.28. The number of rotatable bonds is 5. The molecule has 0 bridgehead atoms. The highest BCUT2D eigenvalue weighted by Crippen LogP contribution is 2.29. The first kappa shape index (κ1) is 20.7. The van der Waals surface area contributed by atoms with Gasteiger partial charge in [0.25, 0.3) is 11.8 Å². The third kappa shape index (κ3) is 3.65. The molecule has 30 heavy (non-hydrogen) atoms. The van der Waals surface area contributed by atoms with Gasteiger partial charge in [0, 0.05) is 25.0 Å². The number of hydrogen-bond donors (Lipinski definition) is 2. The molecule has 0 radical (unpaired) electrons. The summed E-state index contributed by atoms with van der Waals surface area (Å²) in [7, 11) is 4.09. The summed E-state index contributed by atoms with van der Waals surface area (Å²) >= 11 is 0. The molecule has 3 aliphatic rings. The number of carbonyl (C=O) groups is 4. The van der Waals surface area contributed by atoms with Crippen molar-refractivity contribution in [2.75, 3.05) is 14.1 Å². The highest BCUT2D eigenvalue weighted by atomic mass is 16.2. The first-order valence-electron chi connectivity index (χ1n) is 10.6. The van der Waals surface area contributed by atoms with Gasteiger partial charge in [-0.05, 0) is 51.1 Å². The van der Waals surface area contributed by atoms with Gasteiger partial charge in [-0.15, -0.1) is 0 Å². The van der Waals surface area contributed by atoms with Crippen molar-refractivity contribution in [3.05, 3.63) is 34.9 Å². The minimum Gasteiger partial charge on any atom is -0.315 e. The number of piperidine rings is 1. The van der Waals surface area contributed by atoms with Crippen molar-refractivity contribution in [1.29, 1.82) is 0 Å². The highest BCUT2D eigenvalue weighted by molar-refractivity contribution is 6.23. The number of amides is 4. The standard InChI is InChI=1S/C22H28N4O4/c1-23-16-5-3-4-6-17(16)25(2)12-13-7-8-14-15(11-13)22(30)26(21(14)29)18-9-10-19(27)24-20(18)28/h7-8,11,16-18,23H,3-6,9-10,12H2,1-2H3,(H,24,27,28)/t16-,17-,18?/m0/s1. The van der Waals surface area contributed by atoms with Gasteiger partial charge in [0.15, 0.2) is 0 Å². The van der Waals surface area contributed by atoms with Gasteiger partial charge >= 0.3 is 0 Å². The normalized spacial score (nSPS) is 26.9. The summed E-state index contributed by atoms with van der Waals surface area (Å²) in [6, 6.07) is 5.28. The molecule has 1 aliphatic carbocycles. The van der Waals surface area contributed by atoms with E-state index in [1.54, 1.807) is 12.1 Å². The first-order chi connectivity index (χ1) is 14.4. The number of imide groups is 2. The average Bonchev–Trinajstić information content (AvgIpc) is 2.98. The molecule has 1 unspecified atom stereocenters. The van der Waals surface area contributed by atoms with E-state index in [0.717, 1.165) is 23.3 Å². The maximum absolute atomic E-state index is 13.0. The van der Waals surface area contributed by atoms with Crippen LogP contribution in [0.1, 0.15) is 64.8 Å². The van der Waals surface area contributed by atoms with E-state index in [4.69, 9.17) is 0 Å². The second-order valence-electron chi connectivity index (χ2n) is 8.49. The molecule has 2 aliphatic heterocycles. The lowest BCUT2D eigenvalue weighted by atomic mass is 9.89. The minimum atomic E-state index is -0.931. The molecule has 0 spiro atoms. The van der Waals surface area contributed by atoms with Crippen LogP contribution in [0.25, 0.3) is 0 Å². The summed E-state index contributed by atoms with van der Waals surface area (Å²) in [6.45, 7) is 0.677. The molecule has 8 heteroatoms. The van der Waals surface area contributed by atoms with Gasteiger partial charge in [0.05, 0.1) is 11.1 Å². The molecule has 1 saturated heterocycles. The van der Waals surface area contributed by atoms with Crippen molar-refractivity contribution in [2.24, 2.45) is 0 Å². The van der Waals surface area contributed by atoms with E-state index in [0.29, 0.717) is 29.8 Å². The van der Waals surface area contributed by atoms with Gasteiger partial charge in [0.1, 0.15) is 6.04 Å². The lowest BCUT2D eigenvalue weighted by Gasteiger charge is -2.38. The van der Waals surface area contributed by atoms with Crippen LogP contribution in [0.2, 0.25) is 0 Å². The van der Waals surface area contributed by atoms with Crippen molar-refractivity contribution in [3.8, 4) is 0 Å². The molecule has 1 aromatic rings. The van der Waals surface area contributed by atoms with Crippen LogP contribution in [-0.2, 0) is 16.1 Å². The number of benzene rings is 1. The second-order valence-corrected chi connectivity index (χ2v) is 8.49. The Balaban J connectivity index is 1.52. The molecule has 0 aromatic heterocycles. The Kier molecular flexibility index (Phi) is 5.71. The predicted octanol–water partition coefficient (Wildman–Crippen LogP) is 1.05. The van der Waals surface area contributed by atoms with Crippen molar-refractivity contribution in [2.45, 2.75) is 63.2 Å². The molecule has 3 atom stereocenters. The van der Waals surface area contributed by atoms with Crippen LogP contribution < -0.4 is 10.6 Å². The van der Waals surface area contributed by atoms with Crippen molar-refractivity contribution >= 4 is 23.6 Å². The summed E-state index contributed by atoms with van der Waals surface area (Å²) in [4.78, 5) is 52.7. The van der Waals surface area contributed by atoms with Gasteiger partial charge < -0.3 is 5.32 Å². The molecule has 4 rings (SSSR count). The molecule has 8 nitrogen and oxygen atoms in total. The van der Waals surface area contributed by atoms with E-state index < -0.39 is 23.8 Å². The molecule has 2 fully saturated rings. The fourth-order valence-corrected chi connectivity index (χ4v) is 5.00. The fourth-order valence-electron chi connectivity index (χ4n) is 5.00. The largest absolute Gasteiger partial charge is 0.315 e. The van der Waals surface area contributed by atoms with E-state index in [1.807, 2.05) is 13.1 Å². The Hall–Kier alpha value is -2.58. The number of nitrogens with one attached hydrogen (secondary N) is 2. The third-order valence-corrected chi connectivity index (χ3v) is 6.60. The van der Waals surface area contributed by atoms with Crippen molar-refractivity contribution < 1.29 is 19.2 Å². The van der Waals surface area contributed by atoms with Gasteiger partial charge in [-0.1, -0.05) is 18.9 Å². The number of fused-ring (bicyclic) bond motifs is 1. The smallest absolute Gasteiger partial charge is 0.262 e. The maximum atomic E-state index is 13.0. The number of hydrogen-bond acceptors (Lipinski definition) is 6. The topological polar surface area (TPSA) is 98.8 Å². The van der Waals surface area contributed by atoms with Crippen LogP contribution in [0.15, 0.2) is 18.2 Å². The van der Waals surface area contributed by atoms with Gasteiger partial charge in [-0.2, -0.15) is 0 Å². The first-order valence-corrected chi connectivity index (χ1v) is 10.6. The fraction of sp³-hybridized carbons (Fsp3) is 0.545. The van der Waals surface area contributed by atoms with Crippen LogP contribution >= 0.6 is 0 Å². The van der Waals surface area contributed by atoms with Gasteiger partial charge in [-0.25, -0.2) is 0 Å². The monoisotopic (exact) mass is 412 g/mol. The Morgan fingerprint density at radius 1 is 1.07 bits per heavy atom. The van der Waals surface area contributed by atoms with Crippen LogP contribution in [-0.4, -0.2) is 65.6 Å². The van der Waals surface area contributed by atoms with Gasteiger partial charge in [-0.3, -0.25) is 34.3 Å². The molecular weight excluding hydrogens is 384 g/mol. The molecule has 2 N–H and O–H groups in total. The summed E-state index contributed by atoms with van der Waals surface area (Å²) < 4.78 is 0. The zero-order valence-corrected chi connectivity index (χ0v) is 17.4. The van der Waals surface area contributed by atoms with E-state index in [1.165, 1.54) is 12.8 Å². The summed E-state index contributed by atoms with van der Waals surface area (Å²) in [5, 5.41) is 5.64. The van der Waals surface area contributed by atoms with Crippen LogP contribution in [0.5, 0.6) is 0 Å². The molecule has 1 saturated carbocycles. The number of carbonyl (C=O) groups excluding carboxylic acids is 4. The SMILES string of the molecule is CN[C@H]1CCCC[C@@H]1N(C)Cc1ccc2c(c1)C(=O)N(C1CCC(=O)NC1=O)C2=O. The Morgan fingerprint density at radius 2 is 1.80 bits per heavy atom. The molecule has 2 heterocycles. The zero-order chi connectivity index (χ0) is 21.4. The van der Waals surface area contributed by atoms with E-state index in [2.05, 4.69) is 22.6 Å². The number of likely N-dealkylation sites (N-methyl/N-ethyl adjacent to an activating group) is 2. The minimum absolute atomic E-state index is 0.119. The highest BCUT2D eigenvalue weighted by Gasteiger charge is 2.44. The molecule has 1 aromatic carbocycles. The summed E-state index contributed by atoms with van der Waals surface area (Å²) in [5.74, 6) is -1.89. The van der Waals surface area contributed by atoms with Gasteiger partial charge in [0.2, 0.25) is 11.8 Å². The van der Waals surface area contributed by atoms with Crippen molar-refractivity contribution in [1.82, 2.24) is 20.4 Å². The van der Waals surface area contributed by atoms with E-state index in [-0.39, 0.29) is 18.7 Å². The Morgan fingerprint density at radius 3 is 2.53 bits per heavy atom. The van der Waals surface area contributed by atoms with E-state index in [9.17, 15) is 19.2 Å². The molecular formula is C22H28N4O4. The predicted molar refractivity (Wildman–Crippen MR) is 110 cm³/mol. The Bertz CT molecular complexity index is 899. The van der Waals surface area contributed by atoms with E-state index >= 15 is 0 Å². The summed E-state index contributed by atoms with van der Waals surface area (Å²) in [6.07, 6.45) is 5.02. The molecule has 160 valence electrons. The van der Waals surface area contributed by atoms with Crippen molar-refractivity contribution in [3.63, 3.8) is 0 Å². The summed E-state index contributed by atoms with van der Waals surface area (Å²) in [5.41, 5.74) is 1.62. The molecule has 4 amide bonds. The zero-order valence-electron chi connectivity index (χ0n) is 17.4. The van der Waals surface area contributed by atoms with Crippen LogP contribution in [0.3, 0.4) is 0 Å².